The molecule has 0 aliphatic heterocycles. The number of nitrogens with one attached hydrogen (secondary N) is 1. The van der Waals surface area contributed by atoms with Crippen LogP contribution < -0.4 is 5.32 Å². The molecule has 142 valence electrons. The number of phenolic OH excluding ortho intramolecular Hbond substituents is 1. The Bertz CT molecular complexity index is 545. The molecule has 0 bridgehead atoms. The maximum Gasteiger partial charge on any atom is 0.220 e. The Kier molecular flexibility index (Phi) is 7.48. The second kappa shape index (κ2) is 8.70. The SMILES string of the molecule is COCCCNC(=O)CCc1cc(C(C)(C)C)c(O)c(C(C)(C)C)c1. The molecule has 1 rings (SSSR count). The minimum Gasteiger partial charge on any atom is -0.507 e. The van der Waals surface area contributed by atoms with Crippen LogP contribution in [0.1, 0.15) is 71.1 Å². The first-order valence-corrected chi connectivity index (χ1v) is 9.09. The van der Waals surface area contributed by atoms with Gasteiger partial charge in [0.15, 0.2) is 0 Å². The molecule has 1 aromatic rings. The fourth-order valence-electron chi connectivity index (χ4n) is 2.77. The van der Waals surface area contributed by atoms with Gasteiger partial charge in [-0.15, -0.1) is 0 Å². The highest BCUT2D eigenvalue weighted by molar-refractivity contribution is 5.76. The lowest BCUT2D eigenvalue weighted by molar-refractivity contribution is -0.121. The van der Waals surface area contributed by atoms with Crippen molar-refractivity contribution in [2.75, 3.05) is 20.3 Å². The molecule has 0 aliphatic carbocycles. The van der Waals surface area contributed by atoms with Gasteiger partial charge in [-0.25, -0.2) is 0 Å². The average Bonchev–Trinajstić information content (AvgIpc) is 2.48. The van der Waals surface area contributed by atoms with Crippen molar-refractivity contribution in [1.82, 2.24) is 5.32 Å². The lowest BCUT2D eigenvalue weighted by atomic mass is 9.78. The monoisotopic (exact) mass is 349 g/mol. The summed E-state index contributed by atoms with van der Waals surface area (Å²) >= 11 is 0. The number of rotatable bonds is 7. The van der Waals surface area contributed by atoms with Crippen LogP contribution in [0.3, 0.4) is 0 Å². The Morgan fingerprint density at radius 2 is 1.60 bits per heavy atom. The normalized spacial score (nSPS) is 12.3. The molecule has 1 aromatic carbocycles. The van der Waals surface area contributed by atoms with Crippen molar-refractivity contribution >= 4 is 5.91 Å². The molecule has 0 radical (unpaired) electrons. The average molecular weight is 350 g/mol. The van der Waals surface area contributed by atoms with Crippen LogP contribution >= 0.6 is 0 Å². The first-order chi connectivity index (χ1) is 11.5. The van der Waals surface area contributed by atoms with E-state index in [4.69, 9.17) is 4.74 Å². The number of carbonyl (C=O) groups is 1. The zero-order valence-corrected chi connectivity index (χ0v) is 17.0. The van der Waals surface area contributed by atoms with Crippen LogP contribution in [0.5, 0.6) is 5.75 Å². The zero-order chi connectivity index (χ0) is 19.3. The van der Waals surface area contributed by atoms with E-state index in [0.717, 1.165) is 23.1 Å². The summed E-state index contributed by atoms with van der Waals surface area (Å²) in [4.78, 5) is 12.0. The molecule has 0 aromatic heterocycles. The largest absolute Gasteiger partial charge is 0.507 e. The van der Waals surface area contributed by atoms with Crippen molar-refractivity contribution in [3.63, 3.8) is 0 Å². The number of phenols is 1. The molecule has 0 unspecified atom stereocenters. The number of amides is 1. The van der Waals surface area contributed by atoms with Gasteiger partial charge in [0.2, 0.25) is 5.91 Å². The van der Waals surface area contributed by atoms with E-state index in [1.54, 1.807) is 7.11 Å². The summed E-state index contributed by atoms with van der Waals surface area (Å²) in [5, 5.41) is 13.7. The van der Waals surface area contributed by atoms with Gasteiger partial charge in [0.05, 0.1) is 0 Å². The topological polar surface area (TPSA) is 58.6 Å². The summed E-state index contributed by atoms with van der Waals surface area (Å²) in [6.45, 7) is 13.9. The molecule has 0 heterocycles. The molecule has 2 N–H and O–H groups in total. The molecular weight excluding hydrogens is 314 g/mol. The van der Waals surface area contributed by atoms with Gasteiger partial charge in [-0.1, -0.05) is 53.7 Å². The van der Waals surface area contributed by atoms with Crippen LogP contribution in [-0.2, 0) is 26.8 Å². The third-order valence-electron chi connectivity index (χ3n) is 4.27. The quantitative estimate of drug-likeness (QED) is 0.730. The number of methoxy groups -OCH3 is 1. The third-order valence-corrected chi connectivity index (χ3v) is 4.27. The second-order valence-electron chi connectivity index (χ2n) is 8.74. The smallest absolute Gasteiger partial charge is 0.220 e. The fourth-order valence-corrected chi connectivity index (χ4v) is 2.77. The Hall–Kier alpha value is -1.55. The van der Waals surface area contributed by atoms with E-state index in [2.05, 4.69) is 46.9 Å². The van der Waals surface area contributed by atoms with E-state index in [1.807, 2.05) is 12.1 Å². The van der Waals surface area contributed by atoms with Crippen LogP contribution in [0.2, 0.25) is 0 Å². The highest BCUT2D eigenvalue weighted by Gasteiger charge is 2.26. The minimum absolute atomic E-state index is 0.0544. The van der Waals surface area contributed by atoms with Crippen molar-refractivity contribution in [2.24, 2.45) is 0 Å². The lowest BCUT2D eigenvalue weighted by Crippen LogP contribution is -2.25. The van der Waals surface area contributed by atoms with Crippen molar-refractivity contribution in [2.45, 2.75) is 71.6 Å². The van der Waals surface area contributed by atoms with Gasteiger partial charge >= 0.3 is 0 Å². The second-order valence-corrected chi connectivity index (χ2v) is 8.74. The van der Waals surface area contributed by atoms with Gasteiger partial charge in [-0.3, -0.25) is 4.79 Å². The van der Waals surface area contributed by atoms with Crippen molar-refractivity contribution in [3.05, 3.63) is 28.8 Å². The van der Waals surface area contributed by atoms with Gasteiger partial charge in [0, 0.05) is 26.7 Å². The third kappa shape index (κ3) is 6.69. The van der Waals surface area contributed by atoms with Crippen LogP contribution in [0, 0.1) is 0 Å². The van der Waals surface area contributed by atoms with E-state index < -0.39 is 0 Å². The van der Waals surface area contributed by atoms with Gasteiger partial charge in [-0.2, -0.15) is 0 Å². The van der Waals surface area contributed by atoms with Gasteiger partial charge in [0.1, 0.15) is 5.75 Å². The first kappa shape index (κ1) is 21.5. The van der Waals surface area contributed by atoms with E-state index in [9.17, 15) is 9.90 Å². The van der Waals surface area contributed by atoms with Crippen LogP contribution in [-0.4, -0.2) is 31.3 Å². The Balaban J connectivity index is 2.91. The standard InChI is InChI=1S/C21H35NO3/c1-20(2,3)16-13-15(14-17(19(16)24)21(4,5)6)9-10-18(23)22-11-8-12-25-7/h13-14,24H,8-12H2,1-7H3,(H,22,23). The number of hydrogen-bond acceptors (Lipinski definition) is 3. The van der Waals surface area contributed by atoms with Gasteiger partial charge in [0.25, 0.3) is 0 Å². The first-order valence-electron chi connectivity index (χ1n) is 9.09. The predicted molar refractivity (Wildman–Crippen MR) is 103 cm³/mol. The maximum atomic E-state index is 12.0. The van der Waals surface area contributed by atoms with E-state index >= 15 is 0 Å². The lowest BCUT2D eigenvalue weighted by Gasteiger charge is -2.28. The van der Waals surface area contributed by atoms with Crippen molar-refractivity contribution < 1.29 is 14.6 Å². The fraction of sp³-hybridized carbons (Fsp3) is 0.667. The van der Waals surface area contributed by atoms with E-state index in [1.165, 1.54) is 0 Å². The summed E-state index contributed by atoms with van der Waals surface area (Å²) in [5.41, 5.74) is 2.68. The summed E-state index contributed by atoms with van der Waals surface area (Å²) in [7, 11) is 1.66. The number of carbonyl (C=O) groups excluding carboxylic acids is 1. The molecule has 0 aliphatic rings. The summed E-state index contributed by atoms with van der Waals surface area (Å²) in [5.74, 6) is 0.437. The predicted octanol–water partition coefficient (Wildman–Crippen LogP) is 4.07. The highest BCUT2D eigenvalue weighted by atomic mass is 16.5. The molecule has 0 saturated heterocycles. The van der Waals surface area contributed by atoms with Gasteiger partial charge in [-0.05, 0) is 40.4 Å². The number of benzene rings is 1. The van der Waals surface area contributed by atoms with Crippen LogP contribution in [0.15, 0.2) is 12.1 Å². The molecule has 4 heteroatoms. The van der Waals surface area contributed by atoms with Crippen molar-refractivity contribution in [3.8, 4) is 5.75 Å². The zero-order valence-electron chi connectivity index (χ0n) is 17.0. The highest BCUT2D eigenvalue weighted by Crippen LogP contribution is 2.39. The number of aryl methyl sites for hydroxylation is 1. The number of aromatic hydroxyl groups is 1. The van der Waals surface area contributed by atoms with Crippen LogP contribution in [0.25, 0.3) is 0 Å². The molecule has 0 atom stereocenters. The Morgan fingerprint density at radius 3 is 2.04 bits per heavy atom. The maximum absolute atomic E-state index is 12.0. The Labute approximate surface area is 153 Å². The molecule has 0 saturated carbocycles. The van der Waals surface area contributed by atoms with E-state index in [0.29, 0.717) is 31.7 Å². The van der Waals surface area contributed by atoms with E-state index in [-0.39, 0.29) is 16.7 Å². The molecule has 0 fully saturated rings. The molecule has 4 nitrogen and oxygen atoms in total. The van der Waals surface area contributed by atoms with Crippen LogP contribution in [0.4, 0.5) is 0 Å². The summed E-state index contributed by atoms with van der Waals surface area (Å²) in [6, 6.07) is 4.09. The number of hydrogen-bond donors (Lipinski definition) is 2. The molecule has 1 amide bonds. The minimum atomic E-state index is -0.150. The summed E-state index contributed by atoms with van der Waals surface area (Å²) < 4.78 is 4.98. The van der Waals surface area contributed by atoms with Gasteiger partial charge < -0.3 is 15.2 Å². The molecular formula is C21H35NO3. The molecule has 0 spiro atoms. The number of ether oxygens (including phenoxy) is 1. The molecule has 25 heavy (non-hydrogen) atoms. The van der Waals surface area contributed by atoms with Crippen molar-refractivity contribution in [1.29, 1.82) is 0 Å². The Morgan fingerprint density at radius 1 is 1.08 bits per heavy atom. The summed E-state index contributed by atoms with van der Waals surface area (Å²) in [6.07, 6.45) is 1.94.